The Balaban J connectivity index is 1.66. The van der Waals surface area contributed by atoms with Crippen LogP contribution >= 0.6 is 34.8 Å². The van der Waals surface area contributed by atoms with Gasteiger partial charge in [-0.2, -0.15) is 0 Å². The minimum absolute atomic E-state index is 0.00209. The molecule has 142 valence electrons. The second kappa shape index (κ2) is 8.96. The third kappa shape index (κ3) is 4.95. The van der Waals surface area contributed by atoms with Gasteiger partial charge in [0.25, 0.3) is 5.91 Å². The van der Waals surface area contributed by atoms with Crippen molar-refractivity contribution in [1.29, 1.82) is 0 Å². The van der Waals surface area contributed by atoms with Crippen molar-refractivity contribution in [2.75, 3.05) is 5.32 Å². The summed E-state index contributed by atoms with van der Waals surface area (Å²) < 4.78 is 5.54. The maximum atomic E-state index is 12.5. The smallest absolute Gasteiger partial charge is 0.338 e. The van der Waals surface area contributed by atoms with E-state index < -0.39 is 5.91 Å². The Labute approximate surface area is 172 Å². The monoisotopic (exact) mass is 425 g/mol. The number of carbonyl (C=O) groups excluding carboxylic acids is 2. The molecule has 0 bridgehead atoms. The van der Waals surface area contributed by atoms with Crippen LogP contribution in [-0.4, -0.2) is 18.0 Å². The second-order valence-corrected chi connectivity index (χ2v) is 7.61. The number of amides is 1. The average Bonchev–Trinajstić information content (AvgIpc) is 2.66. The number of rotatable bonds is 4. The zero-order valence-corrected chi connectivity index (χ0v) is 16.7. The number of hydrogen-bond donors (Lipinski definition) is 1. The summed E-state index contributed by atoms with van der Waals surface area (Å²) in [5.41, 5.74) is 1.05. The summed E-state index contributed by atoms with van der Waals surface area (Å²) in [5, 5.41) is 3.23. The van der Waals surface area contributed by atoms with Crippen molar-refractivity contribution in [3.8, 4) is 0 Å². The Morgan fingerprint density at radius 1 is 0.889 bits per heavy atom. The van der Waals surface area contributed by atoms with Crippen LogP contribution in [0.1, 0.15) is 52.8 Å². The number of benzene rings is 2. The van der Waals surface area contributed by atoms with Crippen molar-refractivity contribution in [2.45, 2.75) is 38.2 Å². The molecule has 0 aromatic heterocycles. The van der Waals surface area contributed by atoms with Crippen LogP contribution in [0.15, 0.2) is 36.4 Å². The lowest BCUT2D eigenvalue weighted by atomic mass is 9.98. The molecule has 1 aliphatic rings. The van der Waals surface area contributed by atoms with Crippen molar-refractivity contribution in [3.63, 3.8) is 0 Å². The summed E-state index contributed by atoms with van der Waals surface area (Å²) in [7, 11) is 0. The van der Waals surface area contributed by atoms with Crippen molar-refractivity contribution in [2.24, 2.45) is 0 Å². The van der Waals surface area contributed by atoms with E-state index in [1.807, 2.05) is 0 Å². The first-order valence-corrected chi connectivity index (χ1v) is 9.85. The second-order valence-electron chi connectivity index (χ2n) is 6.41. The minimum atomic E-state index is -0.481. The topological polar surface area (TPSA) is 55.4 Å². The van der Waals surface area contributed by atoms with Crippen LogP contribution in [0.25, 0.3) is 0 Å². The highest BCUT2D eigenvalue weighted by Crippen LogP contribution is 2.32. The third-order valence-electron chi connectivity index (χ3n) is 4.48. The average molecular weight is 427 g/mol. The van der Waals surface area contributed by atoms with Gasteiger partial charge in [0.1, 0.15) is 6.10 Å². The first-order chi connectivity index (χ1) is 13.0. The summed E-state index contributed by atoms with van der Waals surface area (Å²) in [6.45, 7) is 0. The van der Waals surface area contributed by atoms with Crippen LogP contribution in [0.5, 0.6) is 0 Å². The fraction of sp³-hybridized carbons (Fsp3) is 0.300. The maximum Gasteiger partial charge on any atom is 0.338 e. The molecular weight excluding hydrogens is 409 g/mol. The Hall–Kier alpha value is -1.75. The van der Waals surface area contributed by atoms with Crippen molar-refractivity contribution < 1.29 is 14.3 Å². The molecule has 0 atom stereocenters. The molecule has 2 aromatic rings. The molecule has 4 nitrogen and oxygen atoms in total. The lowest BCUT2D eigenvalue weighted by molar-refractivity contribution is 0.0211. The van der Waals surface area contributed by atoms with E-state index in [2.05, 4.69) is 5.32 Å². The molecule has 27 heavy (non-hydrogen) atoms. The first kappa shape index (κ1) is 20.0. The first-order valence-electron chi connectivity index (χ1n) is 8.71. The predicted octanol–water partition coefficient (Wildman–Crippen LogP) is 6.39. The number of hydrogen-bond acceptors (Lipinski definition) is 3. The highest BCUT2D eigenvalue weighted by atomic mass is 35.5. The molecule has 1 aliphatic carbocycles. The molecule has 0 spiro atoms. The van der Waals surface area contributed by atoms with Crippen LogP contribution in [0.2, 0.25) is 15.1 Å². The Kier molecular flexibility index (Phi) is 6.64. The molecule has 3 rings (SSSR count). The zero-order chi connectivity index (χ0) is 19.4. The maximum absolute atomic E-state index is 12.5. The largest absolute Gasteiger partial charge is 0.459 e. The normalized spacial score (nSPS) is 14.6. The summed E-state index contributed by atoms with van der Waals surface area (Å²) in [5.74, 6) is -0.828. The third-order valence-corrected chi connectivity index (χ3v) is 5.59. The number of halogens is 3. The van der Waals surface area contributed by atoms with Gasteiger partial charge in [0, 0.05) is 5.69 Å². The van der Waals surface area contributed by atoms with Crippen LogP contribution in [0.4, 0.5) is 5.69 Å². The van der Waals surface area contributed by atoms with E-state index >= 15 is 0 Å². The van der Waals surface area contributed by atoms with Gasteiger partial charge < -0.3 is 10.1 Å². The fourth-order valence-corrected chi connectivity index (χ4v) is 3.72. The molecule has 2 aromatic carbocycles. The summed E-state index contributed by atoms with van der Waals surface area (Å²) >= 11 is 18.1. The van der Waals surface area contributed by atoms with Gasteiger partial charge in [-0.15, -0.1) is 0 Å². The molecule has 0 heterocycles. The van der Waals surface area contributed by atoms with Gasteiger partial charge in [-0.1, -0.05) is 41.2 Å². The van der Waals surface area contributed by atoms with Gasteiger partial charge in [0.05, 0.1) is 26.2 Å². The fourth-order valence-electron chi connectivity index (χ4n) is 3.02. The standard InChI is InChI=1S/C20H18Cl3NO3/c21-15-10-11-16(22)18(23)17(15)19(25)24-13-8-6-12(7-9-13)20(26)27-14-4-2-1-3-5-14/h6-11,14H,1-5H2,(H,24,25). The molecule has 1 amide bonds. The Morgan fingerprint density at radius 2 is 1.52 bits per heavy atom. The number of nitrogens with one attached hydrogen (secondary N) is 1. The van der Waals surface area contributed by atoms with Gasteiger partial charge in [-0.3, -0.25) is 4.79 Å². The molecule has 7 heteroatoms. The highest BCUT2D eigenvalue weighted by molar-refractivity contribution is 6.46. The summed E-state index contributed by atoms with van der Waals surface area (Å²) in [6.07, 6.45) is 5.22. The van der Waals surface area contributed by atoms with Crippen LogP contribution in [0, 0.1) is 0 Å². The van der Waals surface area contributed by atoms with E-state index in [1.165, 1.54) is 18.6 Å². The van der Waals surface area contributed by atoms with Gasteiger partial charge in [0.2, 0.25) is 0 Å². The number of ether oxygens (including phenoxy) is 1. The SMILES string of the molecule is O=C(OC1CCCCC1)c1ccc(NC(=O)c2c(Cl)ccc(Cl)c2Cl)cc1. The van der Waals surface area contributed by atoms with E-state index in [1.54, 1.807) is 24.3 Å². The lowest BCUT2D eigenvalue weighted by Gasteiger charge is -2.21. The van der Waals surface area contributed by atoms with Gasteiger partial charge in [-0.05, 0) is 62.1 Å². The molecule has 0 aliphatic heterocycles. The molecule has 1 N–H and O–H groups in total. The summed E-state index contributed by atoms with van der Waals surface area (Å²) in [6, 6.07) is 9.51. The predicted molar refractivity (Wildman–Crippen MR) is 108 cm³/mol. The quantitative estimate of drug-likeness (QED) is 0.455. The molecular formula is C20H18Cl3NO3. The molecule has 1 fully saturated rings. The van der Waals surface area contributed by atoms with Gasteiger partial charge >= 0.3 is 5.97 Å². The van der Waals surface area contributed by atoms with Gasteiger partial charge in [0.15, 0.2) is 0 Å². The van der Waals surface area contributed by atoms with E-state index in [4.69, 9.17) is 39.5 Å². The number of carbonyl (C=O) groups is 2. The number of esters is 1. The Bertz CT molecular complexity index is 846. The molecule has 0 saturated heterocycles. The van der Waals surface area contributed by atoms with Crippen LogP contribution in [0.3, 0.4) is 0 Å². The minimum Gasteiger partial charge on any atom is -0.459 e. The highest BCUT2D eigenvalue weighted by Gasteiger charge is 2.20. The van der Waals surface area contributed by atoms with Crippen molar-refractivity contribution in [1.82, 2.24) is 0 Å². The van der Waals surface area contributed by atoms with Gasteiger partial charge in [-0.25, -0.2) is 4.79 Å². The van der Waals surface area contributed by atoms with Crippen molar-refractivity contribution in [3.05, 3.63) is 62.6 Å². The number of anilines is 1. The van der Waals surface area contributed by atoms with E-state index in [9.17, 15) is 9.59 Å². The summed E-state index contributed by atoms with van der Waals surface area (Å²) in [4.78, 5) is 24.7. The lowest BCUT2D eigenvalue weighted by Crippen LogP contribution is -2.21. The van der Waals surface area contributed by atoms with E-state index in [-0.39, 0.29) is 32.7 Å². The van der Waals surface area contributed by atoms with E-state index in [0.29, 0.717) is 11.3 Å². The molecule has 0 radical (unpaired) electrons. The van der Waals surface area contributed by atoms with E-state index in [0.717, 1.165) is 25.7 Å². The molecule has 0 unspecified atom stereocenters. The zero-order valence-electron chi connectivity index (χ0n) is 14.4. The molecule has 1 saturated carbocycles. The Morgan fingerprint density at radius 3 is 2.19 bits per heavy atom. The van der Waals surface area contributed by atoms with Crippen LogP contribution < -0.4 is 5.32 Å². The van der Waals surface area contributed by atoms with Crippen LogP contribution in [-0.2, 0) is 4.74 Å². The van der Waals surface area contributed by atoms with Crippen molar-refractivity contribution >= 4 is 52.4 Å².